The van der Waals surface area contributed by atoms with Crippen LogP contribution in [0.4, 0.5) is 17.3 Å². The van der Waals surface area contributed by atoms with Crippen molar-refractivity contribution in [2.45, 2.75) is 71.7 Å². The number of likely N-dealkylation sites (N-methyl/N-ethyl adjacent to an activating group) is 1. The highest BCUT2D eigenvalue weighted by Crippen LogP contribution is 2.38. The van der Waals surface area contributed by atoms with E-state index in [1.54, 1.807) is 34.8 Å². The number of hydrogen-bond acceptors (Lipinski definition) is 20. The fraction of sp³-hybridized carbons (Fsp3) is 0.534. The second-order valence-electron chi connectivity index (χ2n) is 21.9. The Labute approximate surface area is 493 Å². The first kappa shape index (κ1) is 62.9. The Balaban J connectivity index is 0.688. The summed E-state index contributed by atoms with van der Waals surface area (Å²) in [7, 11) is 5.34. The van der Waals surface area contributed by atoms with Gasteiger partial charge in [0.1, 0.15) is 18.7 Å². The van der Waals surface area contributed by atoms with Crippen LogP contribution in [0.15, 0.2) is 48.1 Å². The fourth-order valence-corrected chi connectivity index (χ4v) is 11.0. The minimum atomic E-state index is -0.985. The van der Waals surface area contributed by atoms with Crippen LogP contribution in [-0.2, 0) is 64.5 Å². The summed E-state index contributed by atoms with van der Waals surface area (Å²) in [6, 6.07) is 9.72. The topological polar surface area (TPSA) is 301 Å². The van der Waals surface area contributed by atoms with Gasteiger partial charge in [-0.2, -0.15) is 5.10 Å². The second kappa shape index (κ2) is 29.6. The SMILES string of the molecule is COc1c(Nc2ncc3c(n2)-c2c(c(C(N)=O)nn2C)CC3)cc(N2CCN(C)CC2)cc1C(=O)NCCOCCOCCOCCOCCOCC(=O)N[C@H](C(=O)N1C[C@H](O)C[C@H]1C(=O)NCc1ccc(-c2scnc2C)cc1)C(C)(C)C. The number of methoxy groups -OCH3 is 1. The van der Waals surface area contributed by atoms with Gasteiger partial charge in [0.25, 0.3) is 11.8 Å². The molecule has 5 amide bonds. The molecule has 0 radical (unpaired) electrons. The number of aromatic nitrogens is 5. The predicted molar refractivity (Wildman–Crippen MR) is 314 cm³/mol. The van der Waals surface area contributed by atoms with E-state index in [1.807, 2.05) is 64.1 Å². The van der Waals surface area contributed by atoms with Gasteiger partial charge in [-0.3, -0.25) is 28.7 Å². The number of benzene rings is 2. The van der Waals surface area contributed by atoms with Gasteiger partial charge in [0, 0.05) is 76.7 Å². The van der Waals surface area contributed by atoms with Crippen LogP contribution in [0, 0.1) is 12.3 Å². The molecule has 0 spiro atoms. The summed E-state index contributed by atoms with van der Waals surface area (Å²) in [5, 5.41) is 26.9. The maximum absolute atomic E-state index is 14.0. The van der Waals surface area contributed by atoms with Crippen LogP contribution in [0.2, 0.25) is 0 Å². The summed E-state index contributed by atoms with van der Waals surface area (Å²) in [5.41, 5.74) is 14.6. The number of likely N-dealkylation sites (tertiary alicyclic amines) is 1. The van der Waals surface area contributed by atoms with Crippen molar-refractivity contribution in [3.63, 3.8) is 0 Å². The van der Waals surface area contributed by atoms with Crippen LogP contribution >= 0.6 is 11.3 Å². The number of primary amides is 1. The molecule has 26 heteroatoms. The zero-order chi connectivity index (χ0) is 59.9. The van der Waals surface area contributed by atoms with Crippen LogP contribution in [0.25, 0.3) is 21.8 Å². The fourth-order valence-electron chi connectivity index (χ4n) is 10.2. The molecule has 454 valence electrons. The number of aliphatic hydroxyl groups excluding tert-OH is 1. The van der Waals surface area contributed by atoms with E-state index in [-0.39, 0.29) is 75.9 Å². The van der Waals surface area contributed by atoms with E-state index >= 15 is 0 Å². The predicted octanol–water partition coefficient (Wildman–Crippen LogP) is 2.63. The molecule has 2 fully saturated rings. The summed E-state index contributed by atoms with van der Waals surface area (Å²) >= 11 is 1.57. The van der Waals surface area contributed by atoms with E-state index in [1.165, 1.54) is 12.0 Å². The number of fused-ring (bicyclic) bond motifs is 3. The highest BCUT2D eigenvalue weighted by Gasteiger charge is 2.44. The highest BCUT2D eigenvalue weighted by molar-refractivity contribution is 7.13. The van der Waals surface area contributed by atoms with Crippen LogP contribution in [0.3, 0.4) is 0 Å². The minimum absolute atomic E-state index is 0.0312. The first-order valence-electron chi connectivity index (χ1n) is 28.3. The Morgan fingerprint density at radius 1 is 0.857 bits per heavy atom. The average Bonchev–Trinajstić information content (AvgIpc) is 1.86. The summed E-state index contributed by atoms with van der Waals surface area (Å²) in [6.07, 6.45) is 2.17. The Hall–Kier alpha value is -7.17. The normalized spacial score (nSPS) is 16.4. The number of anilines is 3. The standard InChI is InChI=1S/C58H79N13O12S/c1-36-51(84-35-63-36)38-10-8-37(9-11-38)31-61-55(76)45-30-41(72)33-71(45)56(77)52(58(2,3)4)65-46(73)34-83-27-26-82-25-24-81-23-22-80-21-20-79-19-14-60-54(75)43-28-40(70-17-15-68(5)16-18-70)29-44(50(43)78-7)64-57-62-32-39-12-13-42-48(53(59)74)67-69(6)49(42)47(39)66-57/h8-11,28-29,32,35,41,45,52,72H,12-27,30-31,33-34H2,1-7H3,(H2,59,74)(H,60,75)(H,61,76)(H,65,73)(H,62,64,66)/t41-,45+,52-/m1/s1. The van der Waals surface area contributed by atoms with Gasteiger partial charge in [0.05, 0.1) is 111 Å². The molecule has 2 saturated heterocycles. The van der Waals surface area contributed by atoms with E-state index in [4.69, 9.17) is 39.1 Å². The van der Waals surface area contributed by atoms with Crippen molar-refractivity contribution in [1.29, 1.82) is 0 Å². The molecular formula is C58H79N13O12S. The van der Waals surface area contributed by atoms with Gasteiger partial charge in [0.2, 0.25) is 23.7 Å². The Kier molecular flexibility index (Phi) is 22.1. The zero-order valence-corrected chi connectivity index (χ0v) is 49.8. The maximum Gasteiger partial charge on any atom is 0.269 e. The monoisotopic (exact) mass is 1180 g/mol. The molecule has 3 aliphatic rings. The van der Waals surface area contributed by atoms with Crippen molar-refractivity contribution < 1.29 is 57.5 Å². The first-order chi connectivity index (χ1) is 40.4. The number of aryl methyl sites for hydroxylation is 3. The maximum atomic E-state index is 14.0. The van der Waals surface area contributed by atoms with Gasteiger partial charge >= 0.3 is 0 Å². The van der Waals surface area contributed by atoms with Crippen molar-refractivity contribution in [2.75, 3.05) is 130 Å². The molecule has 3 aromatic heterocycles. The number of thiazole rings is 1. The summed E-state index contributed by atoms with van der Waals surface area (Å²) in [4.78, 5) is 87.2. The van der Waals surface area contributed by atoms with E-state index in [9.17, 15) is 29.1 Å². The van der Waals surface area contributed by atoms with Crippen LogP contribution in [0.1, 0.15) is 70.4 Å². The van der Waals surface area contributed by atoms with E-state index < -0.39 is 41.3 Å². The van der Waals surface area contributed by atoms with Crippen molar-refractivity contribution in [1.82, 2.24) is 50.5 Å². The van der Waals surface area contributed by atoms with Gasteiger partial charge in [-0.25, -0.2) is 15.0 Å². The van der Waals surface area contributed by atoms with Gasteiger partial charge in [-0.05, 0) is 61.1 Å². The second-order valence-corrected chi connectivity index (χ2v) is 22.8. The largest absolute Gasteiger partial charge is 0.494 e. The Morgan fingerprint density at radius 3 is 2.15 bits per heavy atom. The molecule has 0 bridgehead atoms. The molecule has 25 nitrogen and oxygen atoms in total. The third-order valence-corrected chi connectivity index (χ3v) is 15.7. The van der Waals surface area contributed by atoms with Gasteiger partial charge in [-0.1, -0.05) is 45.0 Å². The van der Waals surface area contributed by atoms with Crippen molar-refractivity contribution in [3.05, 3.63) is 81.7 Å². The number of β-amino-alcohol motifs (C(OH)–C–C–N with tert-alkyl or cyclic N) is 1. The van der Waals surface area contributed by atoms with Gasteiger partial charge in [-0.15, -0.1) is 11.3 Å². The molecule has 3 atom stereocenters. The van der Waals surface area contributed by atoms with Crippen LogP contribution in [-0.4, -0.2) is 207 Å². The summed E-state index contributed by atoms with van der Waals surface area (Å²) in [5.74, 6) is -1.68. The zero-order valence-electron chi connectivity index (χ0n) is 49.0. The lowest BCUT2D eigenvalue weighted by atomic mass is 9.85. The minimum Gasteiger partial charge on any atom is -0.494 e. The molecular weight excluding hydrogens is 1100 g/mol. The van der Waals surface area contributed by atoms with Crippen molar-refractivity contribution >= 4 is 58.2 Å². The number of nitrogens with two attached hydrogens (primary N) is 1. The van der Waals surface area contributed by atoms with E-state index in [0.717, 1.165) is 64.7 Å². The number of ether oxygens (including phenoxy) is 6. The lowest BCUT2D eigenvalue weighted by Crippen LogP contribution is -2.58. The number of hydrogen-bond donors (Lipinski definition) is 6. The molecule has 1 aliphatic carbocycles. The van der Waals surface area contributed by atoms with E-state index in [2.05, 4.69) is 53.2 Å². The van der Waals surface area contributed by atoms with Crippen LogP contribution in [0.5, 0.6) is 5.75 Å². The number of carbonyl (C=O) groups excluding carboxylic acids is 5. The molecule has 5 heterocycles. The van der Waals surface area contributed by atoms with Gasteiger partial charge < -0.3 is 75.2 Å². The average molecular weight is 1180 g/mol. The smallest absolute Gasteiger partial charge is 0.269 e. The molecule has 7 N–H and O–H groups in total. The number of aliphatic hydroxyl groups is 1. The number of amides is 5. The number of rotatable bonds is 29. The lowest BCUT2D eigenvalue weighted by Gasteiger charge is -2.35. The molecule has 0 saturated carbocycles. The summed E-state index contributed by atoms with van der Waals surface area (Å²) < 4.78 is 35.6. The van der Waals surface area contributed by atoms with Gasteiger partial charge in [0.15, 0.2) is 11.4 Å². The Morgan fingerprint density at radius 2 is 1.52 bits per heavy atom. The highest BCUT2D eigenvalue weighted by atomic mass is 32.1. The summed E-state index contributed by atoms with van der Waals surface area (Å²) in [6.45, 7) is 13.3. The number of nitrogens with one attached hydrogen (secondary N) is 4. The molecule has 8 rings (SSSR count). The number of nitrogens with zero attached hydrogens (tertiary/aromatic N) is 8. The number of piperazine rings is 1. The third kappa shape index (κ3) is 16.4. The first-order valence-corrected chi connectivity index (χ1v) is 29.1. The van der Waals surface area contributed by atoms with E-state index in [0.29, 0.717) is 80.9 Å². The molecule has 84 heavy (non-hydrogen) atoms. The molecule has 5 aromatic rings. The molecule has 2 aliphatic heterocycles. The third-order valence-electron chi connectivity index (χ3n) is 14.7. The quantitative estimate of drug-likeness (QED) is 0.0375. The number of carbonyl (C=O) groups is 5. The molecule has 0 unspecified atom stereocenters. The lowest BCUT2D eigenvalue weighted by molar-refractivity contribution is -0.144. The van der Waals surface area contributed by atoms with Crippen molar-refractivity contribution in [3.8, 4) is 27.6 Å². The van der Waals surface area contributed by atoms with Crippen molar-refractivity contribution in [2.24, 2.45) is 18.2 Å². The molecule has 2 aromatic carbocycles. The Bertz CT molecular complexity index is 3070. The van der Waals surface area contributed by atoms with Crippen LogP contribution < -0.4 is 36.6 Å².